The van der Waals surface area contributed by atoms with Gasteiger partial charge in [-0.05, 0) is 107 Å². The molecule has 0 aliphatic carbocycles. The SMILES string of the molecule is COC(=O)CCCc1cc(C)c(Br)c(C)c1.Cc1cc(CCCC(C)(C)O)cc(C)c1Br. The van der Waals surface area contributed by atoms with Gasteiger partial charge in [0.05, 0.1) is 12.7 Å². The van der Waals surface area contributed by atoms with Crippen LogP contribution in [0.1, 0.15) is 72.9 Å². The Bertz CT molecular complexity index is 852. The molecular formula is C27H38Br2O3. The van der Waals surface area contributed by atoms with Crippen LogP contribution in [0, 0.1) is 27.7 Å². The number of methoxy groups -OCH3 is 1. The van der Waals surface area contributed by atoms with Crippen molar-refractivity contribution in [1.82, 2.24) is 0 Å². The highest BCUT2D eigenvalue weighted by Crippen LogP contribution is 2.24. The van der Waals surface area contributed by atoms with Gasteiger partial charge >= 0.3 is 5.97 Å². The minimum atomic E-state index is -0.542. The van der Waals surface area contributed by atoms with Gasteiger partial charge in [0.25, 0.3) is 0 Å². The lowest BCUT2D eigenvalue weighted by Gasteiger charge is -2.16. The molecule has 2 rings (SSSR count). The van der Waals surface area contributed by atoms with E-state index in [1.165, 1.54) is 49.4 Å². The Balaban J connectivity index is 0.000000320. The van der Waals surface area contributed by atoms with Gasteiger partial charge in [-0.3, -0.25) is 4.79 Å². The first-order valence-electron chi connectivity index (χ1n) is 11.1. The maximum atomic E-state index is 11.0. The molecule has 0 unspecified atom stereocenters. The first kappa shape index (κ1) is 28.9. The van der Waals surface area contributed by atoms with E-state index in [4.69, 9.17) is 0 Å². The number of esters is 1. The molecule has 0 aromatic heterocycles. The molecular weight excluding hydrogens is 532 g/mol. The Labute approximate surface area is 211 Å². The molecule has 0 amide bonds. The zero-order valence-electron chi connectivity index (χ0n) is 20.6. The number of carbonyl (C=O) groups excluding carboxylic acids is 1. The van der Waals surface area contributed by atoms with Gasteiger partial charge in [0.2, 0.25) is 0 Å². The lowest BCUT2D eigenvalue weighted by atomic mass is 9.97. The van der Waals surface area contributed by atoms with Crippen molar-refractivity contribution in [3.63, 3.8) is 0 Å². The summed E-state index contributed by atoms with van der Waals surface area (Å²) in [6.07, 6.45) is 5.17. The van der Waals surface area contributed by atoms with Gasteiger partial charge in [-0.25, -0.2) is 0 Å². The average molecular weight is 570 g/mol. The van der Waals surface area contributed by atoms with E-state index in [1.807, 2.05) is 13.8 Å². The molecule has 0 atom stereocenters. The molecule has 0 heterocycles. The molecule has 2 aromatic carbocycles. The number of halogens is 2. The molecule has 5 heteroatoms. The Morgan fingerprint density at radius 1 is 0.844 bits per heavy atom. The van der Waals surface area contributed by atoms with E-state index in [-0.39, 0.29) is 5.97 Å². The average Bonchev–Trinajstić information content (AvgIpc) is 2.69. The Morgan fingerprint density at radius 3 is 1.56 bits per heavy atom. The van der Waals surface area contributed by atoms with Crippen molar-refractivity contribution >= 4 is 37.8 Å². The van der Waals surface area contributed by atoms with Crippen LogP contribution in [-0.4, -0.2) is 23.8 Å². The smallest absolute Gasteiger partial charge is 0.305 e. The predicted molar refractivity (Wildman–Crippen MR) is 141 cm³/mol. The number of benzene rings is 2. The molecule has 0 saturated carbocycles. The Hall–Kier alpha value is -1.17. The van der Waals surface area contributed by atoms with E-state index >= 15 is 0 Å². The van der Waals surface area contributed by atoms with E-state index in [0.29, 0.717) is 6.42 Å². The second kappa shape index (κ2) is 13.5. The van der Waals surface area contributed by atoms with Gasteiger partial charge in [-0.2, -0.15) is 0 Å². The van der Waals surface area contributed by atoms with Crippen molar-refractivity contribution in [2.24, 2.45) is 0 Å². The van der Waals surface area contributed by atoms with Crippen molar-refractivity contribution in [2.45, 2.75) is 85.7 Å². The maximum Gasteiger partial charge on any atom is 0.305 e. The van der Waals surface area contributed by atoms with Crippen molar-refractivity contribution in [3.8, 4) is 0 Å². The first-order chi connectivity index (χ1) is 14.8. The highest BCUT2D eigenvalue weighted by molar-refractivity contribution is 9.10. The fourth-order valence-corrected chi connectivity index (χ4v) is 4.08. The lowest BCUT2D eigenvalue weighted by molar-refractivity contribution is -0.140. The highest BCUT2D eigenvalue weighted by Gasteiger charge is 2.12. The van der Waals surface area contributed by atoms with Gasteiger partial charge in [-0.15, -0.1) is 0 Å². The van der Waals surface area contributed by atoms with Crippen molar-refractivity contribution in [2.75, 3.05) is 7.11 Å². The first-order valence-corrected chi connectivity index (χ1v) is 12.7. The molecule has 32 heavy (non-hydrogen) atoms. The number of aryl methyl sites for hydroxylation is 6. The normalized spacial score (nSPS) is 11.1. The summed E-state index contributed by atoms with van der Waals surface area (Å²) >= 11 is 7.11. The van der Waals surface area contributed by atoms with Crippen molar-refractivity contribution in [1.29, 1.82) is 0 Å². The second-order valence-electron chi connectivity index (χ2n) is 9.18. The largest absolute Gasteiger partial charge is 0.469 e. The minimum absolute atomic E-state index is 0.134. The summed E-state index contributed by atoms with van der Waals surface area (Å²) in [5.41, 5.74) is 7.17. The second-order valence-corrected chi connectivity index (χ2v) is 10.8. The summed E-state index contributed by atoms with van der Waals surface area (Å²) < 4.78 is 6.99. The number of aliphatic hydroxyl groups is 1. The van der Waals surface area contributed by atoms with Crippen LogP contribution in [0.15, 0.2) is 33.2 Å². The van der Waals surface area contributed by atoms with Crippen LogP contribution in [0.3, 0.4) is 0 Å². The van der Waals surface area contributed by atoms with Crippen LogP contribution in [-0.2, 0) is 22.4 Å². The van der Waals surface area contributed by atoms with Crippen LogP contribution in [0.5, 0.6) is 0 Å². The van der Waals surface area contributed by atoms with Gasteiger partial charge in [0.15, 0.2) is 0 Å². The van der Waals surface area contributed by atoms with Crippen LogP contribution >= 0.6 is 31.9 Å². The Kier molecular flexibility index (Phi) is 12.2. The van der Waals surface area contributed by atoms with Crippen LogP contribution in [0.4, 0.5) is 0 Å². The third kappa shape index (κ3) is 10.6. The summed E-state index contributed by atoms with van der Waals surface area (Å²) in [5.74, 6) is -0.134. The topological polar surface area (TPSA) is 46.5 Å². The molecule has 0 bridgehead atoms. The summed E-state index contributed by atoms with van der Waals surface area (Å²) in [6, 6.07) is 8.77. The maximum absolute atomic E-state index is 11.0. The third-order valence-electron chi connectivity index (χ3n) is 5.32. The number of hydrogen-bond donors (Lipinski definition) is 1. The molecule has 0 aliphatic heterocycles. The van der Waals surface area contributed by atoms with Gasteiger partial charge < -0.3 is 9.84 Å². The Morgan fingerprint density at radius 2 is 1.22 bits per heavy atom. The van der Waals surface area contributed by atoms with Crippen molar-refractivity contribution in [3.05, 3.63) is 66.6 Å². The molecule has 0 spiro atoms. The number of ether oxygens (including phenoxy) is 1. The summed E-state index contributed by atoms with van der Waals surface area (Å²) in [4.78, 5) is 11.0. The highest BCUT2D eigenvalue weighted by atomic mass is 79.9. The van der Waals surface area contributed by atoms with Crippen LogP contribution in [0.2, 0.25) is 0 Å². The third-order valence-corrected chi connectivity index (χ3v) is 7.82. The van der Waals surface area contributed by atoms with E-state index < -0.39 is 5.60 Å². The number of rotatable bonds is 8. The molecule has 0 aliphatic rings. The molecule has 0 fully saturated rings. The molecule has 3 nitrogen and oxygen atoms in total. The van der Waals surface area contributed by atoms with E-state index in [0.717, 1.165) is 32.1 Å². The van der Waals surface area contributed by atoms with Gasteiger partial charge in [0.1, 0.15) is 0 Å². The molecule has 1 N–H and O–H groups in total. The summed E-state index contributed by atoms with van der Waals surface area (Å²) in [6.45, 7) is 12.1. The fourth-order valence-electron chi connectivity index (χ4n) is 3.62. The van der Waals surface area contributed by atoms with Crippen LogP contribution in [0.25, 0.3) is 0 Å². The number of carbonyl (C=O) groups is 1. The minimum Gasteiger partial charge on any atom is -0.469 e. The zero-order chi connectivity index (χ0) is 24.5. The number of hydrogen-bond acceptors (Lipinski definition) is 3. The molecule has 2 aromatic rings. The summed E-state index contributed by atoms with van der Waals surface area (Å²) in [5, 5.41) is 9.64. The van der Waals surface area contributed by atoms with E-state index in [9.17, 15) is 9.90 Å². The molecule has 178 valence electrons. The van der Waals surface area contributed by atoms with Gasteiger partial charge in [0, 0.05) is 15.4 Å². The van der Waals surface area contributed by atoms with Crippen LogP contribution < -0.4 is 0 Å². The zero-order valence-corrected chi connectivity index (χ0v) is 23.7. The monoisotopic (exact) mass is 568 g/mol. The van der Waals surface area contributed by atoms with Gasteiger partial charge in [-0.1, -0.05) is 56.1 Å². The quantitative estimate of drug-likeness (QED) is 0.331. The predicted octanol–water partition coefficient (Wildman–Crippen LogP) is 7.72. The molecule has 0 saturated heterocycles. The fraction of sp³-hybridized carbons (Fsp3) is 0.519. The molecule has 0 radical (unpaired) electrons. The standard InChI is InChI=1S/C14H21BrO.C13H17BrO2/c1-10-8-12(9-11(2)13(10)15)6-5-7-14(3,4)16;1-9-7-11(8-10(2)13(9)14)5-4-6-12(15)16-3/h8-9,16H,5-7H2,1-4H3;7-8H,4-6H2,1-3H3. The van der Waals surface area contributed by atoms with E-state index in [1.54, 1.807) is 0 Å². The van der Waals surface area contributed by atoms with E-state index in [2.05, 4.69) is 88.6 Å². The lowest BCUT2D eigenvalue weighted by Crippen LogP contribution is -2.18. The van der Waals surface area contributed by atoms with Crippen molar-refractivity contribution < 1.29 is 14.6 Å². The summed E-state index contributed by atoms with van der Waals surface area (Å²) in [7, 11) is 1.43.